The average molecular weight is 397 g/mol. The lowest BCUT2D eigenvalue weighted by atomic mass is 10.2. The zero-order chi connectivity index (χ0) is 18.9. The zero-order valence-electron chi connectivity index (χ0n) is 14.0. The lowest BCUT2D eigenvalue weighted by Gasteiger charge is -2.06. The number of amides is 1. The second-order valence-corrected chi connectivity index (χ2v) is 6.26. The molecule has 1 amide bonds. The summed E-state index contributed by atoms with van der Waals surface area (Å²) < 4.78 is 9.96. The molecule has 0 fully saturated rings. The normalized spacial score (nSPS) is 10.2. The molecular weight excluding hydrogens is 380 g/mol. The summed E-state index contributed by atoms with van der Waals surface area (Å²) in [5.74, 6) is -1.60. The Bertz CT molecular complexity index is 776. The number of carbonyl (C=O) groups excluding carboxylic acids is 3. The van der Waals surface area contributed by atoms with Gasteiger partial charge >= 0.3 is 11.9 Å². The summed E-state index contributed by atoms with van der Waals surface area (Å²) >= 11 is 6.53. The number of hydrogen-bond acceptors (Lipinski definition) is 7. The molecule has 2 rings (SSSR count). The number of nitrogens with zero attached hydrogens (tertiary/aromatic N) is 1. The van der Waals surface area contributed by atoms with Crippen molar-refractivity contribution in [2.75, 3.05) is 17.8 Å². The molecule has 1 aromatic carbocycles. The average Bonchev–Trinajstić information content (AvgIpc) is 3.06. The molecule has 0 bridgehead atoms. The summed E-state index contributed by atoms with van der Waals surface area (Å²) in [7, 11) is 0. The van der Waals surface area contributed by atoms with Gasteiger partial charge in [0.15, 0.2) is 11.7 Å². The summed E-state index contributed by atoms with van der Waals surface area (Å²) in [6.45, 7) is 1.67. The number of esters is 2. The van der Waals surface area contributed by atoms with E-state index in [1.165, 1.54) is 0 Å². The zero-order valence-corrected chi connectivity index (χ0v) is 15.6. The van der Waals surface area contributed by atoms with Crippen molar-refractivity contribution in [2.24, 2.45) is 0 Å². The van der Waals surface area contributed by atoms with Crippen LogP contribution < -0.4 is 10.1 Å². The molecule has 1 aromatic heterocycles. The summed E-state index contributed by atoms with van der Waals surface area (Å²) in [5, 5.41) is 4.38. The minimum Gasteiger partial charge on any atom is -0.482 e. The summed E-state index contributed by atoms with van der Waals surface area (Å²) in [6.07, 6.45) is 0.717. The quantitative estimate of drug-likeness (QED) is 0.418. The third kappa shape index (κ3) is 6.45. The number of ether oxygens (including phenoxy) is 2. The Morgan fingerprint density at radius 1 is 1.19 bits per heavy atom. The number of rotatable bonds is 8. The first-order valence-electron chi connectivity index (χ1n) is 7.75. The van der Waals surface area contributed by atoms with E-state index in [0.29, 0.717) is 16.6 Å². The molecule has 0 aliphatic carbocycles. The van der Waals surface area contributed by atoms with E-state index in [0.717, 1.165) is 23.3 Å². The minimum atomic E-state index is -0.791. The lowest BCUT2D eigenvalue weighted by molar-refractivity contribution is -0.160. The molecule has 1 heterocycles. The van der Waals surface area contributed by atoms with Gasteiger partial charge in [-0.1, -0.05) is 19.1 Å². The number of halogens is 1. The van der Waals surface area contributed by atoms with Gasteiger partial charge in [-0.2, -0.15) is 0 Å². The van der Waals surface area contributed by atoms with Gasteiger partial charge in [-0.05, 0) is 24.1 Å². The maximum atomic E-state index is 11.8. The van der Waals surface area contributed by atoms with Crippen LogP contribution in [0.15, 0.2) is 29.6 Å². The van der Waals surface area contributed by atoms with Gasteiger partial charge in [0, 0.05) is 5.38 Å². The molecule has 0 aliphatic heterocycles. The molecule has 0 unspecified atom stereocenters. The van der Waals surface area contributed by atoms with E-state index < -0.39 is 17.8 Å². The fourth-order valence-corrected chi connectivity index (χ4v) is 2.70. The number of hydrogen-bond donors (Lipinski definition) is 1. The standard InChI is InChI=1S/C17H17ClN2O5S/c1-2-11-3-5-13(6-4-11)24-9-16(23)25-15(22)7-12-10-26-17(19-12)20-14(21)8-18/h3-6,10H,2,7-9H2,1H3,(H,19,20,21). The Labute approximate surface area is 159 Å². The van der Waals surface area contributed by atoms with E-state index in [1.54, 1.807) is 17.5 Å². The Balaban J connectivity index is 1.76. The first-order valence-corrected chi connectivity index (χ1v) is 9.17. The second kappa shape index (κ2) is 9.88. The van der Waals surface area contributed by atoms with Crippen LogP contribution in [0.3, 0.4) is 0 Å². The Morgan fingerprint density at radius 3 is 2.58 bits per heavy atom. The number of anilines is 1. The molecule has 0 radical (unpaired) electrons. The molecule has 138 valence electrons. The highest BCUT2D eigenvalue weighted by Crippen LogP contribution is 2.16. The van der Waals surface area contributed by atoms with Crippen LogP contribution in [0.5, 0.6) is 5.75 Å². The van der Waals surface area contributed by atoms with Crippen LogP contribution >= 0.6 is 22.9 Å². The van der Waals surface area contributed by atoms with Gasteiger partial charge < -0.3 is 14.8 Å². The molecular formula is C17H17ClN2O5S. The van der Waals surface area contributed by atoms with Crippen LogP contribution in [0.25, 0.3) is 0 Å². The Hall–Kier alpha value is -2.45. The predicted molar refractivity (Wildman–Crippen MR) is 97.6 cm³/mol. The number of thiazole rings is 1. The van der Waals surface area contributed by atoms with E-state index in [1.807, 2.05) is 19.1 Å². The third-order valence-electron chi connectivity index (χ3n) is 3.16. The number of nitrogens with one attached hydrogen (secondary N) is 1. The molecule has 0 saturated heterocycles. The highest BCUT2D eigenvalue weighted by molar-refractivity contribution is 7.14. The van der Waals surface area contributed by atoms with Crippen LogP contribution in [-0.2, 0) is 32.0 Å². The monoisotopic (exact) mass is 396 g/mol. The van der Waals surface area contributed by atoms with E-state index in [4.69, 9.17) is 16.3 Å². The van der Waals surface area contributed by atoms with Crippen molar-refractivity contribution in [2.45, 2.75) is 19.8 Å². The number of aryl methyl sites for hydroxylation is 1. The number of alkyl halides is 1. The van der Waals surface area contributed by atoms with Crippen LogP contribution in [-0.4, -0.2) is 35.3 Å². The summed E-state index contributed by atoms with van der Waals surface area (Å²) in [6, 6.07) is 7.29. The maximum absolute atomic E-state index is 11.8. The lowest BCUT2D eigenvalue weighted by Crippen LogP contribution is -2.20. The topological polar surface area (TPSA) is 94.6 Å². The van der Waals surface area contributed by atoms with Gasteiger partial charge in [0.2, 0.25) is 5.91 Å². The van der Waals surface area contributed by atoms with Crippen molar-refractivity contribution in [3.05, 3.63) is 40.9 Å². The van der Waals surface area contributed by atoms with Crippen molar-refractivity contribution >= 4 is 45.9 Å². The SMILES string of the molecule is CCc1ccc(OCC(=O)OC(=O)Cc2csc(NC(=O)CCl)n2)cc1. The van der Waals surface area contributed by atoms with Gasteiger partial charge in [0.05, 0.1) is 12.1 Å². The van der Waals surface area contributed by atoms with E-state index in [-0.39, 0.29) is 18.9 Å². The first kappa shape index (κ1) is 19.9. The molecule has 0 spiro atoms. The fraction of sp³-hybridized carbons (Fsp3) is 0.294. The minimum absolute atomic E-state index is 0.188. The summed E-state index contributed by atoms with van der Waals surface area (Å²) in [5.41, 5.74) is 1.54. The predicted octanol–water partition coefficient (Wildman–Crippen LogP) is 2.57. The third-order valence-corrected chi connectivity index (χ3v) is 4.21. The number of benzene rings is 1. The van der Waals surface area contributed by atoms with Crippen molar-refractivity contribution < 1.29 is 23.9 Å². The second-order valence-electron chi connectivity index (χ2n) is 5.13. The molecule has 0 aliphatic rings. The van der Waals surface area contributed by atoms with Crippen molar-refractivity contribution in [3.63, 3.8) is 0 Å². The van der Waals surface area contributed by atoms with Crippen LogP contribution in [0, 0.1) is 0 Å². The van der Waals surface area contributed by atoms with E-state index >= 15 is 0 Å². The molecule has 7 nitrogen and oxygen atoms in total. The largest absolute Gasteiger partial charge is 0.482 e. The number of carbonyl (C=O) groups is 3. The molecule has 26 heavy (non-hydrogen) atoms. The van der Waals surface area contributed by atoms with Gasteiger partial charge in [-0.3, -0.25) is 9.59 Å². The number of aromatic nitrogens is 1. The van der Waals surface area contributed by atoms with E-state index in [2.05, 4.69) is 15.0 Å². The highest BCUT2D eigenvalue weighted by atomic mass is 35.5. The van der Waals surface area contributed by atoms with Crippen LogP contribution in [0.1, 0.15) is 18.2 Å². The van der Waals surface area contributed by atoms with Crippen molar-refractivity contribution in [1.29, 1.82) is 0 Å². The molecule has 2 aromatic rings. The van der Waals surface area contributed by atoms with Gasteiger partial charge in [0.1, 0.15) is 11.6 Å². The van der Waals surface area contributed by atoms with Crippen molar-refractivity contribution in [1.82, 2.24) is 4.98 Å². The van der Waals surface area contributed by atoms with Gasteiger partial charge in [-0.25, -0.2) is 9.78 Å². The smallest absolute Gasteiger partial charge is 0.351 e. The van der Waals surface area contributed by atoms with Gasteiger partial charge in [0.25, 0.3) is 0 Å². The Morgan fingerprint density at radius 2 is 1.92 bits per heavy atom. The van der Waals surface area contributed by atoms with Crippen LogP contribution in [0.2, 0.25) is 0 Å². The highest BCUT2D eigenvalue weighted by Gasteiger charge is 2.14. The fourth-order valence-electron chi connectivity index (χ4n) is 1.90. The molecule has 9 heteroatoms. The van der Waals surface area contributed by atoms with Crippen LogP contribution in [0.4, 0.5) is 5.13 Å². The Kier molecular flexibility index (Phi) is 7.55. The van der Waals surface area contributed by atoms with Gasteiger partial charge in [-0.15, -0.1) is 22.9 Å². The van der Waals surface area contributed by atoms with E-state index in [9.17, 15) is 14.4 Å². The first-order chi connectivity index (χ1) is 12.5. The maximum Gasteiger partial charge on any atom is 0.351 e. The molecule has 1 N–H and O–H groups in total. The molecule has 0 saturated carbocycles. The summed E-state index contributed by atoms with van der Waals surface area (Å²) in [4.78, 5) is 38.6. The molecule has 0 atom stereocenters. The van der Waals surface area contributed by atoms with Crippen molar-refractivity contribution in [3.8, 4) is 5.75 Å².